The Morgan fingerprint density at radius 3 is 2.83 bits per heavy atom. The number of unbranched alkanes of at least 4 members (excludes halogenated alkanes) is 1. The van der Waals surface area contributed by atoms with Crippen molar-refractivity contribution in [3.63, 3.8) is 0 Å². The van der Waals surface area contributed by atoms with Gasteiger partial charge in [0.1, 0.15) is 0 Å². The number of hydrogen-bond acceptors (Lipinski definition) is 4. The Bertz CT molecular complexity index is 472. The molecule has 1 aromatic carbocycles. The first-order valence-electron chi connectivity index (χ1n) is 8.41. The zero-order chi connectivity index (χ0) is 16.5. The van der Waals surface area contributed by atoms with E-state index >= 15 is 0 Å². The van der Waals surface area contributed by atoms with E-state index < -0.39 is 0 Å². The first-order chi connectivity index (χ1) is 11.2. The van der Waals surface area contributed by atoms with Crippen LogP contribution in [0.2, 0.25) is 0 Å². The summed E-state index contributed by atoms with van der Waals surface area (Å²) >= 11 is 0. The lowest BCUT2D eigenvalue weighted by Gasteiger charge is -2.36. The predicted octanol–water partition coefficient (Wildman–Crippen LogP) is 2.25. The molecule has 1 amide bonds. The lowest BCUT2D eigenvalue weighted by Crippen LogP contribution is -2.51. The molecule has 0 aromatic heterocycles. The van der Waals surface area contributed by atoms with E-state index in [-0.39, 0.29) is 18.0 Å². The summed E-state index contributed by atoms with van der Waals surface area (Å²) in [5.74, 6) is 0.0919. The number of nitrogens with zero attached hydrogens (tertiary/aromatic N) is 1. The average Bonchev–Trinajstić information content (AvgIpc) is 2.58. The lowest BCUT2D eigenvalue weighted by molar-refractivity contribution is -0.126. The molecule has 0 radical (unpaired) electrons. The second kappa shape index (κ2) is 9.99. The van der Waals surface area contributed by atoms with Gasteiger partial charge in [-0.3, -0.25) is 9.46 Å². The van der Waals surface area contributed by atoms with Crippen LogP contribution < -0.4 is 10.8 Å². The normalized spacial score (nSPS) is 22.0. The van der Waals surface area contributed by atoms with Crippen molar-refractivity contribution in [2.24, 2.45) is 0 Å². The molecule has 6 heteroatoms. The number of carbonyl (C=O) groups excluding carboxylic acids is 1. The second-order valence-corrected chi connectivity index (χ2v) is 6.67. The van der Waals surface area contributed by atoms with Crippen molar-refractivity contribution in [2.45, 2.75) is 51.2 Å². The Hall–Kier alpha value is -1.000. The smallest absolute Gasteiger partial charge is 0.237 e. The van der Waals surface area contributed by atoms with Gasteiger partial charge in [-0.25, -0.2) is 0 Å². The summed E-state index contributed by atoms with van der Waals surface area (Å²) in [6, 6.07) is 10.2. The molecule has 1 unspecified atom stereocenters. The molecule has 2 rings (SSSR count). The Morgan fingerprint density at radius 2 is 2.13 bits per heavy atom. The summed E-state index contributed by atoms with van der Waals surface area (Å²) in [6.45, 7) is 4.26. The largest absolute Gasteiger partial charge is 0.351 e. The van der Waals surface area contributed by atoms with Crippen molar-refractivity contribution in [1.29, 1.82) is 0 Å². The fourth-order valence-electron chi connectivity index (χ4n) is 2.67. The average molecular weight is 337 g/mol. The van der Waals surface area contributed by atoms with Crippen LogP contribution in [0.4, 0.5) is 0 Å². The summed E-state index contributed by atoms with van der Waals surface area (Å²) in [5, 5.41) is 3.03. The molecule has 0 spiro atoms. The molecule has 5 nitrogen and oxygen atoms in total. The number of hydroxylamine groups is 1. The van der Waals surface area contributed by atoms with Crippen molar-refractivity contribution in [3.05, 3.63) is 35.9 Å². The maximum atomic E-state index is 12.4. The van der Waals surface area contributed by atoms with E-state index in [1.807, 2.05) is 35.0 Å². The summed E-state index contributed by atoms with van der Waals surface area (Å²) < 4.78 is 2.03. The van der Waals surface area contributed by atoms with E-state index in [4.69, 9.17) is 4.84 Å². The third kappa shape index (κ3) is 6.19. The van der Waals surface area contributed by atoms with Gasteiger partial charge in [0.2, 0.25) is 5.91 Å². The van der Waals surface area contributed by atoms with Gasteiger partial charge in [-0.05, 0) is 24.8 Å². The van der Waals surface area contributed by atoms with E-state index in [1.165, 1.54) is 0 Å². The van der Waals surface area contributed by atoms with Crippen LogP contribution in [0.25, 0.3) is 0 Å². The van der Waals surface area contributed by atoms with Gasteiger partial charge >= 0.3 is 0 Å². The molecule has 1 aliphatic heterocycles. The number of rotatable bonds is 8. The highest BCUT2D eigenvalue weighted by Crippen LogP contribution is 2.21. The van der Waals surface area contributed by atoms with Crippen molar-refractivity contribution in [2.75, 3.05) is 13.2 Å². The molecule has 2 N–H and O–H groups in total. The Morgan fingerprint density at radius 1 is 1.35 bits per heavy atom. The van der Waals surface area contributed by atoms with Gasteiger partial charge in [-0.1, -0.05) is 53.1 Å². The van der Waals surface area contributed by atoms with Crippen molar-refractivity contribution in [3.8, 4) is 0 Å². The van der Waals surface area contributed by atoms with Crippen molar-refractivity contribution in [1.82, 2.24) is 15.5 Å². The second-order valence-electron chi connectivity index (χ2n) is 6.01. The molecule has 3 atom stereocenters. The molecule has 0 saturated carbocycles. The number of carbonyl (C=O) groups is 1. The number of piperidine rings is 1. The van der Waals surface area contributed by atoms with Gasteiger partial charge < -0.3 is 10.2 Å². The molecule has 128 valence electrons. The number of nitrogens with one attached hydrogen (secondary N) is 2. The fourth-order valence-corrected chi connectivity index (χ4v) is 3.21. The van der Waals surface area contributed by atoms with Crippen molar-refractivity contribution < 1.29 is 9.63 Å². The highest BCUT2D eigenvalue weighted by atomic mass is 31.0. The summed E-state index contributed by atoms with van der Waals surface area (Å²) in [4.78, 5) is 17.8. The number of benzene rings is 1. The third-order valence-corrected chi connectivity index (χ3v) is 4.65. The van der Waals surface area contributed by atoms with Gasteiger partial charge in [0, 0.05) is 19.1 Å². The standard InChI is InChI=1S/C17H28N3O2P/c1-2-3-11-22-19-15-9-10-16(20(23)13-15)17(21)18-12-14-7-5-4-6-8-14/h4-8,15-16,19H,2-3,9-13,23H2,1H3,(H,18,21)/t15-,16+/m1/s1. The first kappa shape index (κ1) is 18.3. The summed E-state index contributed by atoms with van der Waals surface area (Å²) in [5.41, 5.74) is 4.24. The van der Waals surface area contributed by atoms with Gasteiger partial charge in [0.05, 0.1) is 12.6 Å². The summed E-state index contributed by atoms with van der Waals surface area (Å²) in [7, 11) is 2.68. The fraction of sp³-hybridized carbons (Fsp3) is 0.588. The molecule has 1 heterocycles. The topological polar surface area (TPSA) is 53.6 Å². The van der Waals surface area contributed by atoms with E-state index in [0.29, 0.717) is 6.54 Å². The van der Waals surface area contributed by atoms with Crippen LogP contribution in [-0.4, -0.2) is 35.8 Å². The lowest BCUT2D eigenvalue weighted by atomic mass is 10.0. The summed E-state index contributed by atoms with van der Waals surface area (Å²) in [6.07, 6.45) is 3.97. The number of amides is 1. The van der Waals surface area contributed by atoms with Crippen LogP contribution in [0, 0.1) is 0 Å². The third-order valence-electron chi connectivity index (χ3n) is 4.08. The van der Waals surface area contributed by atoms with Gasteiger partial charge in [0.25, 0.3) is 0 Å². The van der Waals surface area contributed by atoms with Gasteiger partial charge in [0.15, 0.2) is 0 Å². The minimum atomic E-state index is -0.0857. The van der Waals surface area contributed by atoms with Crippen LogP contribution in [0.1, 0.15) is 38.2 Å². The predicted molar refractivity (Wildman–Crippen MR) is 95.5 cm³/mol. The quantitative estimate of drug-likeness (QED) is 0.434. The van der Waals surface area contributed by atoms with Gasteiger partial charge in [-0.2, -0.15) is 5.48 Å². The Labute approximate surface area is 141 Å². The maximum Gasteiger partial charge on any atom is 0.237 e. The Balaban J connectivity index is 1.71. The SMILES string of the molecule is CCCCON[C@@H]1CC[C@@H](C(=O)NCc2ccccc2)N(P)C1. The highest BCUT2D eigenvalue weighted by molar-refractivity contribution is 7.13. The zero-order valence-electron chi connectivity index (χ0n) is 13.8. The van der Waals surface area contributed by atoms with Crippen molar-refractivity contribution >= 4 is 15.3 Å². The van der Waals surface area contributed by atoms with Gasteiger partial charge in [-0.15, -0.1) is 0 Å². The maximum absolute atomic E-state index is 12.4. The van der Waals surface area contributed by atoms with Crippen LogP contribution in [0.5, 0.6) is 0 Å². The molecular weight excluding hydrogens is 309 g/mol. The van der Waals surface area contributed by atoms with Crippen LogP contribution in [0.3, 0.4) is 0 Å². The van der Waals surface area contributed by atoms with E-state index in [1.54, 1.807) is 0 Å². The molecule has 1 aromatic rings. The van der Waals surface area contributed by atoms with E-state index in [2.05, 4.69) is 27.1 Å². The Kier molecular flexibility index (Phi) is 7.96. The molecule has 1 fully saturated rings. The monoisotopic (exact) mass is 337 g/mol. The van der Waals surface area contributed by atoms with Crippen LogP contribution >= 0.6 is 9.39 Å². The molecular formula is C17H28N3O2P. The minimum Gasteiger partial charge on any atom is -0.351 e. The van der Waals surface area contributed by atoms with Crippen LogP contribution in [-0.2, 0) is 16.2 Å². The molecule has 1 saturated heterocycles. The van der Waals surface area contributed by atoms with Crippen LogP contribution in [0.15, 0.2) is 30.3 Å². The molecule has 1 aliphatic rings. The highest BCUT2D eigenvalue weighted by Gasteiger charge is 2.30. The van der Waals surface area contributed by atoms with E-state index in [9.17, 15) is 4.79 Å². The first-order valence-corrected chi connectivity index (χ1v) is 8.92. The minimum absolute atomic E-state index is 0.0857. The van der Waals surface area contributed by atoms with E-state index in [0.717, 1.165) is 44.4 Å². The zero-order valence-corrected chi connectivity index (χ0v) is 15.0. The molecule has 23 heavy (non-hydrogen) atoms. The molecule has 0 bridgehead atoms. The molecule has 0 aliphatic carbocycles. The number of hydrogen-bond donors (Lipinski definition) is 2.